The second-order valence-electron chi connectivity index (χ2n) is 7.09. The van der Waals surface area contributed by atoms with Crippen LogP contribution in [0.2, 0.25) is 0 Å². The van der Waals surface area contributed by atoms with E-state index in [1.807, 2.05) is 12.1 Å². The minimum atomic E-state index is 0.319. The third kappa shape index (κ3) is 6.87. The van der Waals surface area contributed by atoms with Gasteiger partial charge in [-0.3, -0.25) is 4.79 Å². The molecular weight excluding hydrogens is 282 g/mol. The fourth-order valence-electron chi connectivity index (χ4n) is 3.53. The van der Waals surface area contributed by atoms with Crippen molar-refractivity contribution in [1.82, 2.24) is 0 Å². The number of rotatable bonds is 9. The highest BCUT2D eigenvalue weighted by molar-refractivity contribution is 5.96. The Morgan fingerprint density at radius 3 is 2.30 bits per heavy atom. The zero-order valence-corrected chi connectivity index (χ0v) is 14.9. The summed E-state index contributed by atoms with van der Waals surface area (Å²) in [4.78, 5) is 14.0. The van der Waals surface area contributed by atoms with E-state index in [2.05, 4.69) is 19.1 Å². The quantitative estimate of drug-likeness (QED) is 0.542. The molecule has 0 unspecified atom stereocenters. The number of nitrogens with one attached hydrogen (secondary N) is 1. The number of carbonyl (C=O) groups excluding carboxylic acids is 1. The molecule has 1 fully saturated rings. The molecule has 2 heteroatoms. The Balaban J connectivity index is 1.73. The summed E-state index contributed by atoms with van der Waals surface area (Å²) < 4.78 is 0. The summed E-state index contributed by atoms with van der Waals surface area (Å²) in [5.74, 6) is 0.319. The van der Waals surface area contributed by atoms with Crippen molar-refractivity contribution in [2.45, 2.75) is 71.1 Å². The lowest BCUT2D eigenvalue weighted by molar-refractivity contribution is -0.898. The molecule has 1 saturated heterocycles. The van der Waals surface area contributed by atoms with Gasteiger partial charge in [0.15, 0.2) is 5.78 Å². The number of likely N-dealkylation sites (tertiary alicyclic amines) is 1. The first kappa shape index (κ1) is 18.2. The third-order valence-electron chi connectivity index (χ3n) is 5.11. The van der Waals surface area contributed by atoms with Crippen LogP contribution in [0.4, 0.5) is 0 Å². The molecule has 2 nitrogen and oxygen atoms in total. The van der Waals surface area contributed by atoms with E-state index in [0.29, 0.717) is 12.2 Å². The summed E-state index contributed by atoms with van der Waals surface area (Å²) in [5, 5.41) is 0. The van der Waals surface area contributed by atoms with Gasteiger partial charge < -0.3 is 4.90 Å². The predicted octanol–water partition coefficient (Wildman–Crippen LogP) is 3.84. The summed E-state index contributed by atoms with van der Waals surface area (Å²) in [7, 11) is 0. The molecule has 1 heterocycles. The summed E-state index contributed by atoms with van der Waals surface area (Å²) in [6.45, 7) is 5.76. The van der Waals surface area contributed by atoms with Crippen molar-refractivity contribution in [3.63, 3.8) is 0 Å². The van der Waals surface area contributed by atoms with Crippen molar-refractivity contribution in [2.75, 3.05) is 19.6 Å². The molecule has 1 aliphatic rings. The van der Waals surface area contributed by atoms with Crippen LogP contribution in [-0.2, 0) is 6.42 Å². The van der Waals surface area contributed by atoms with Crippen LogP contribution in [0.5, 0.6) is 0 Å². The fraction of sp³-hybridized carbons (Fsp3) is 0.667. The van der Waals surface area contributed by atoms with E-state index in [4.69, 9.17) is 0 Å². The average molecular weight is 317 g/mol. The van der Waals surface area contributed by atoms with Crippen molar-refractivity contribution in [3.05, 3.63) is 35.4 Å². The molecule has 1 aromatic carbocycles. The molecule has 0 amide bonds. The number of ketones is 1. The zero-order valence-electron chi connectivity index (χ0n) is 14.9. The molecule has 0 bridgehead atoms. The van der Waals surface area contributed by atoms with E-state index in [9.17, 15) is 4.79 Å². The minimum Gasteiger partial charge on any atom is -0.335 e. The van der Waals surface area contributed by atoms with Gasteiger partial charge in [0.25, 0.3) is 0 Å². The maximum atomic E-state index is 12.4. The van der Waals surface area contributed by atoms with Gasteiger partial charge >= 0.3 is 0 Å². The van der Waals surface area contributed by atoms with E-state index >= 15 is 0 Å². The van der Waals surface area contributed by atoms with Gasteiger partial charge in [-0.25, -0.2) is 0 Å². The van der Waals surface area contributed by atoms with Gasteiger partial charge in [-0.1, -0.05) is 50.5 Å². The Morgan fingerprint density at radius 2 is 1.65 bits per heavy atom. The SMILES string of the molecule is CCCCCCc1ccc(C(=O)CC[NH+]2CCCCCC2)cc1. The van der Waals surface area contributed by atoms with Crippen LogP contribution in [0, 0.1) is 0 Å². The second-order valence-corrected chi connectivity index (χ2v) is 7.09. The molecule has 0 radical (unpaired) electrons. The molecule has 1 aliphatic heterocycles. The van der Waals surface area contributed by atoms with Gasteiger partial charge in [0, 0.05) is 5.56 Å². The number of unbranched alkanes of at least 4 members (excludes halogenated alkanes) is 3. The van der Waals surface area contributed by atoms with Crippen LogP contribution >= 0.6 is 0 Å². The fourth-order valence-corrected chi connectivity index (χ4v) is 3.53. The standard InChI is InChI=1S/C21H33NO/c1-2-3-4-7-10-19-11-13-20(14-12-19)21(23)15-18-22-16-8-5-6-9-17-22/h11-14H,2-10,15-18H2,1H3/p+1. The maximum Gasteiger partial charge on any atom is 0.168 e. The Kier molecular flexibility index (Phi) is 8.38. The van der Waals surface area contributed by atoms with E-state index in [1.165, 1.54) is 70.0 Å². The van der Waals surface area contributed by atoms with Crippen molar-refractivity contribution in [2.24, 2.45) is 0 Å². The van der Waals surface area contributed by atoms with Gasteiger partial charge in [0.2, 0.25) is 0 Å². The first-order valence-electron chi connectivity index (χ1n) is 9.75. The molecule has 1 N–H and O–H groups in total. The predicted molar refractivity (Wildman–Crippen MR) is 97.3 cm³/mol. The van der Waals surface area contributed by atoms with Crippen LogP contribution in [-0.4, -0.2) is 25.4 Å². The van der Waals surface area contributed by atoms with E-state index in [0.717, 1.165) is 18.5 Å². The smallest absolute Gasteiger partial charge is 0.168 e. The van der Waals surface area contributed by atoms with Crippen LogP contribution in [0.25, 0.3) is 0 Å². The lowest BCUT2D eigenvalue weighted by Crippen LogP contribution is -3.11. The molecule has 0 saturated carbocycles. The first-order chi connectivity index (χ1) is 11.3. The van der Waals surface area contributed by atoms with Gasteiger partial charge in [0.05, 0.1) is 26.1 Å². The molecule has 2 rings (SSSR count). The highest BCUT2D eigenvalue weighted by atomic mass is 16.1. The molecule has 0 aliphatic carbocycles. The molecule has 0 spiro atoms. The molecule has 23 heavy (non-hydrogen) atoms. The third-order valence-corrected chi connectivity index (χ3v) is 5.11. The average Bonchev–Trinajstić information content (AvgIpc) is 2.86. The minimum absolute atomic E-state index is 0.319. The molecule has 128 valence electrons. The largest absolute Gasteiger partial charge is 0.335 e. The topological polar surface area (TPSA) is 21.5 Å². The lowest BCUT2D eigenvalue weighted by Gasteiger charge is -2.16. The summed E-state index contributed by atoms with van der Waals surface area (Å²) >= 11 is 0. The monoisotopic (exact) mass is 316 g/mol. The maximum absolute atomic E-state index is 12.4. The van der Waals surface area contributed by atoms with Gasteiger partial charge in [-0.05, 0) is 44.1 Å². The number of Topliss-reactive ketones (excluding diaryl/α,β-unsaturated/α-hetero) is 1. The normalized spacial score (nSPS) is 16.2. The van der Waals surface area contributed by atoms with Crippen LogP contribution < -0.4 is 4.90 Å². The van der Waals surface area contributed by atoms with Crippen molar-refractivity contribution in [1.29, 1.82) is 0 Å². The molecule has 1 aromatic rings. The highest BCUT2D eigenvalue weighted by Crippen LogP contribution is 2.11. The van der Waals surface area contributed by atoms with Crippen LogP contribution in [0.1, 0.15) is 80.6 Å². The van der Waals surface area contributed by atoms with Crippen molar-refractivity contribution < 1.29 is 9.69 Å². The molecular formula is C21H34NO+. The van der Waals surface area contributed by atoms with Gasteiger partial charge in [-0.2, -0.15) is 0 Å². The van der Waals surface area contributed by atoms with Crippen molar-refractivity contribution >= 4 is 5.78 Å². The molecule has 0 atom stereocenters. The number of hydrogen-bond acceptors (Lipinski definition) is 1. The lowest BCUT2D eigenvalue weighted by atomic mass is 10.0. The number of aryl methyl sites for hydroxylation is 1. The number of carbonyl (C=O) groups is 1. The van der Waals surface area contributed by atoms with Crippen LogP contribution in [0.15, 0.2) is 24.3 Å². The van der Waals surface area contributed by atoms with E-state index in [-0.39, 0.29) is 0 Å². The second kappa shape index (κ2) is 10.6. The zero-order chi connectivity index (χ0) is 16.3. The molecule has 0 aromatic heterocycles. The summed E-state index contributed by atoms with van der Waals surface area (Å²) in [6, 6.07) is 8.38. The van der Waals surface area contributed by atoms with E-state index < -0.39 is 0 Å². The Morgan fingerprint density at radius 1 is 0.957 bits per heavy atom. The van der Waals surface area contributed by atoms with Gasteiger partial charge in [0.1, 0.15) is 0 Å². The summed E-state index contributed by atoms with van der Waals surface area (Å²) in [5.41, 5.74) is 2.27. The van der Waals surface area contributed by atoms with Crippen LogP contribution in [0.3, 0.4) is 0 Å². The van der Waals surface area contributed by atoms with Crippen molar-refractivity contribution in [3.8, 4) is 0 Å². The Hall–Kier alpha value is -1.15. The summed E-state index contributed by atoms with van der Waals surface area (Å²) in [6.07, 6.45) is 12.4. The number of hydrogen-bond donors (Lipinski definition) is 1. The Bertz CT molecular complexity index is 443. The first-order valence-corrected chi connectivity index (χ1v) is 9.75. The highest BCUT2D eigenvalue weighted by Gasteiger charge is 2.14. The van der Waals surface area contributed by atoms with Gasteiger partial charge in [-0.15, -0.1) is 0 Å². The number of benzene rings is 1. The Labute approximate surface area is 142 Å². The number of quaternary nitrogens is 1. The van der Waals surface area contributed by atoms with E-state index in [1.54, 1.807) is 4.90 Å².